The molecule has 0 aliphatic carbocycles. The van der Waals surface area contributed by atoms with Gasteiger partial charge in [-0.2, -0.15) is 0 Å². The maximum Gasteiger partial charge on any atom is 0.319 e. The first-order valence-electron chi connectivity index (χ1n) is 5.36. The van der Waals surface area contributed by atoms with Gasteiger partial charge in [-0.15, -0.1) is 13.2 Å². The van der Waals surface area contributed by atoms with E-state index in [1.807, 2.05) is 0 Å². The van der Waals surface area contributed by atoms with Crippen molar-refractivity contribution in [2.24, 2.45) is 5.41 Å². The van der Waals surface area contributed by atoms with Crippen molar-refractivity contribution in [3.8, 4) is 0 Å². The molecule has 0 saturated carbocycles. The molecule has 0 aliphatic rings. The Hall–Kier alpha value is -1.38. The number of rotatable bonds is 8. The molecular formula is C13H20O3. The predicted molar refractivity (Wildman–Crippen MR) is 64.0 cm³/mol. The molecule has 0 unspecified atom stereocenters. The second-order valence-electron chi connectivity index (χ2n) is 3.78. The van der Waals surface area contributed by atoms with Crippen LogP contribution in [0.5, 0.6) is 0 Å². The van der Waals surface area contributed by atoms with E-state index < -0.39 is 11.4 Å². The van der Waals surface area contributed by atoms with Crippen LogP contribution >= 0.6 is 0 Å². The minimum Gasteiger partial charge on any atom is -0.468 e. The van der Waals surface area contributed by atoms with E-state index in [0.717, 1.165) is 0 Å². The van der Waals surface area contributed by atoms with Gasteiger partial charge >= 0.3 is 5.97 Å². The third kappa shape index (κ3) is 3.33. The number of hydrogen-bond acceptors (Lipinski definition) is 3. The Balaban J connectivity index is 5.02. The van der Waals surface area contributed by atoms with Gasteiger partial charge in [0, 0.05) is 0 Å². The van der Waals surface area contributed by atoms with Crippen LogP contribution in [0, 0.1) is 5.41 Å². The molecule has 0 aromatic rings. The molecule has 3 nitrogen and oxygen atoms in total. The zero-order valence-electron chi connectivity index (χ0n) is 10.1. The molecule has 16 heavy (non-hydrogen) atoms. The lowest BCUT2D eigenvalue weighted by Crippen LogP contribution is -2.39. The maximum absolute atomic E-state index is 11.8. The SMILES string of the molecule is C=CCCC(CCC=C)(C(C)=O)C(=O)OC. The molecule has 0 rings (SSSR count). The molecule has 0 radical (unpaired) electrons. The summed E-state index contributed by atoms with van der Waals surface area (Å²) in [6.45, 7) is 8.64. The largest absolute Gasteiger partial charge is 0.468 e. The fourth-order valence-electron chi connectivity index (χ4n) is 1.72. The van der Waals surface area contributed by atoms with E-state index in [9.17, 15) is 9.59 Å². The van der Waals surface area contributed by atoms with Crippen molar-refractivity contribution in [1.29, 1.82) is 0 Å². The van der Waals surface area contributed by atoms with Gasteiger partial charge < -0.3 is 4.74 Å². The first-order valence-corrected chi connectivity index (χ1v) is 5.36. The number of carbonyl (C=O) groups is 2. The Labute approximate surface area is 97.2 Å². The van der Waals surface area contributed by atoms with E-state index in [-0.39, 0.29) is 5.78 Å². The molecular weight excluding hydrogens is 204 g/mol. The number of esters is 1. The van der Waals surface area contributed by atoms with Crippen LogP contribution in [0.1, 0.15) is 32.6 Å². The van der Waals surface area contributed by atoms with Crippen LogP contribution in [-0.4, -0.2) is 18.9 Å². The van der Waals surface area contributed by atoms with Crippen LogP contribution in [0.4, 0.5) is 0 Å². The quantitative estimate of drug-likeness (QED) is 0.361. The highest BCUT2D eigenvalue weighted by molar-refractivity contribution is 6.02. The Kier molecular flexibility index (Phi) is 6.38. The lowest BCUT2D eigenvalue weighted by Gasteiger charge is -2.27. The number of allylic oxidation sites excluding steroid dienone is 2. The topological polar surface area (TPSA) is 43.4 Å². The average Bonchev–Trinajstić information content (AvgIpc) is 2.28. The summed E-state index contributed by atoms with van der Waals surface area (Å²) < 4.78 is 4.74. The van der Waals surface area contributed by atoms with E-state index >= 15 is 0 Å². The molecule has 0 bridgehead atoms. The Morgan fingerprint density at radius 1 is 1.19 bits per heavy atom. The van der Waals surface area contributed by atoms with E-state index in [4.69, 9.17) is 4.74 Å². The summed E-state index contributed by atoms with van der Waals surface area (Å²) in [7, 11) is 1.31. The summed E-state index contributed by atoms with van der Waals surface area (Å²) in [6.07, 6.45) is 5.54. The molecule has 0 heterocycles. The number of ether oxygens (including phenoxy) is 1. The minimum absolute atomic E-state index is 0.150. The third-order valence-electron chi connectivity index (χ3n) is 2.80. The summed E-state index contributed by atoms with van der Waals surface area (Å²) in [5.41, 5.74) is -1.03. The van der Waals surface area contributed by atoms with Crippen LogP contribution in [0.3, 0.4) is 0 Å². The second-order valence-corrected chi connectivity index (χ2v) is 3.78. The molecule has 0 atom stereocenters. The van der Waals surface area contributed by atoms with Gasteiger partial charge in [0.25, 0.3) is 0 Å². The van der Waals surface area contributed by atoms with Crippen LogP contribution in [0.15, 0.2) is 25.3 Å². The average molecular weight is 224 g/mol. The molecule has 0 N–H and O–H groups in total. The molecule has 0 aliphatic heterocycles. The van der Waals surface area contributed by atoms with Crippen molar-refractivity contribution >= 4 is 11.8 Å². The van der Waals surface area contributed by atoms with Gasteiger partial charge in [0.15, 0.2) is 0 Å². The van der Waals surface area contributed by atoms with Crippen molar-refractivity contribution in [3.63, 3.8) is 0 Å². The monoisotopic (exact) mass is 224 g/mol. The minimum atomic E-state index is -1.03. The van der Waals surface area contributed by atoms with Crippen molar-refractivity contribution in [2.75, 3.05) is 7.11 Å². The highest BCUT2D eigenvalue weighted by Gasteiger charge is 2.42. The molecule has 90 valence electrons. The third-order valence-corrected chi connectivity index (χ3v) is 2.80. The van der Waals surface area contributed by atoms with Crippen molar-refractivity contribution < 1.29 is 14.3 Å². The molecule has 0 amide bonds. The molecule has 0 spiro atoms. The smallest absolute Gasteiger partial charge is 0.319 e. The lowest BCUT2D eigenvalue weighted by molar-refractivity contribution is -0.158. The Morgan fingerprint density at radius 3 is 1.88 bits per heavy atom. The molecule has 0 aromatic carbocycles. The van der Waals surface area contributed by atoms with E-state index in [1.165, 1.54) is 14.0 Å². The number of Topliss-reactive ketones (excluding diaryl/α,β-unsaturated/α-hetero) is 1. The summed E-state index contributed by atoms with van der Waals surface area (Å²) >= 11 is 0. The van der Waals surface area contributed by atoms with Crippen LogP contribution in [-0.2, 0) is 14.3 Å². The van der Waals surface area contributed by atoms with Gasteiger partial charge in [0.2, 0.25) is 0 Å². The first kappa shape index (κ1) is 14.6. The fraction of sp³-hybridized carbons (Fsp3) is 0.538. The van der Waals surface area contributed by atoms with E-state index in [0.29, 0.717) is 25.7 Å². The highest BCUT2D eigenvalue weighted by atomic mass is 16.5. The van der Waals surface area contributed by atoms with Crippen LogP contribution in [0.25, 0.3) is 0 Å². The van der Waals surface area contributed by atoms with Gasteiger partial charge in [-0.05, 0) is 32.6 Å². The van der Waals surface area contributed by atoms with Crippen molar-refractivity contribution in [3.05, 3.63) is 25.3 Å². The maximum atomic E-state index is 11.8. The summed E-state index contributed by atoms with van der Waals surface area (Å²) in [5, 5.41) is 0. The van der Waals surface area contributed by atoms with Crippen LogP contribution in [0.2, 0.25) is 0 Å². The number of ketones is 1. The van der Waals surface area contributed by atoms with Crippen molar-refractivity contribution in [2.45, 2.75) is 32.6 Å². The van der Waals surface area contributed by atoms with Crippen molar-refractivity contribution in [1.82, 2.24) is 0 Å². The predicted octanol–water partition coefficient (Wildman–Crippen LogP) is 2.67. The van der Waals surface area contributed by atoms with Gasteiger partial charge in [0.1, 0.15) is 11.2 Å². The van der Waals surface area contributed by atoms with E-state index in [2.05, 4.69) is 13.2 Å². The standard InChI is InChI=1S/C13H20O3/c1-5-7-9-13(11(3)14,10-8-6-2)12(15)16-4/h5-6H,1-2,7-10H2,3-4H3. The zero-order chi connectivity index (χ0) is 12.6. The Morgan fingerprint density at radius 2 is 1.62 bits per heavy atom. The van der Waals surface area contributed by atoms with E-state index in [1.54, 1.807) is 12.2 Å². The number of carbonyl (C=O) groups excluding carboxylic acids is 2. The van der Waals surface area contributed by atoms with Gasteiger partial charge in [-0.1, -0.05) is 12.2 Å². The summed E-state index contributed by atoms with van der Waals surface area (Å²) in [5.74, 6) is -0.605. The fourth-order valence-corrected chi connectivity index (χ4v) is 1.72. The molecule has 3 heteroatoms. The second kappa shape index (κ2) is 6.99. The molecule has 0 aromatic heterocycles. The lowest BCUT2D eigenvalue weighted by atomic mass is 9.75. The normalized spacial score (nSPS) is 10.6. The molecule has 0 fully saturated rings. The van der Waals surface area contributed by atoms with Gasteiger partial charge in [-0.25, -0.2) is 0 Å². The summed E-state index contributed by atoms with van der Waals surface area (Å²) in [6, 6.07) is 0. The number of hydrogen-bond donors (Lipinski definition) is 0. The van der Waals surface area contributed by atoms with Crippen LogP contribution < -0.4 is 0 Å². The summed E-state index contributed by atoms with van der Waals surface area (Å²) in [4.78, 5) is 23.5. The van der Waals surface area contributed by atoms with Gasteiger partial charge in [0.05, 0.1) is 7.11 Å². The highest BCUT2D eigenvalue weighted by Crippen LogP contribution is 2.33. The zero-order valence-corrected chi connectivity index (χ0v) is 10.1. The first-order chi connectivity index (χ1) is 7.55. The number of methoxy groups -OCH3 is 1. The molecule has 0 saturated heterocycles. The van der Waals surface area contributed by atoms with Gasteiger partial charge in [-0.3, -0.25) is 9.59 Å². The Bertz CT molecular complexity index is 267.